The number of benzene rings is 1. The van der Waals surface area contributed by atoms with Crippen molar-refractivity contribution >= 4 is 23.5 Å². The number of amides is 2. The monoisotopic (exact) mass is 355 g/mol. The third-order valence-electron chi connectivity index (χ3n) is 3.90. The largest absolute Gasteiger partial charge is 0.465 e. The highest BCUT2D eigenvalue weighted by Crippen LogP contribution is 2.20. The molecule has 1 heterocycles. The van der Waals surface area contributed by atoms with Crippen LogP contribution in [0.1, 0.15) is 29.8 Å². The van der Waals surface area contributed by atoms with Gasteiger partial charge in [0.1, 0.15) is 5.41 Å². The standard InChI is InChI=1S/C19H21N3O4/c1-19(2,17(24)21-12-13-8-10-20-11-9-13)18(25)22-15-6-4-14(5-7-15)16(23)26-3/h4-11H,12H2,1-3H3,(H,21,24)(H,22,25). The van der Waals surface area contributed by atoms with Crippen molar-refractivity contribution < 1.29 is 19.1 Å². The van der Waals surface area contributed by atoms with E-state index in [1.807, 2.05) is 0 Å². The van der Waals surface area contributed by atoms with Gasteiger partial charge in [0.15, 0.2) is 0 Å². The van der Waals surface area contributed by atoms with E-state index in [9.17, 15) is 14.4 Å². The Hall–Kier alpha value is -3.22. The molecule has 0 spiro atoms. The summed E-state index contributed by atoms with van der Waals surface area (Å²) in [5, 5.41) is 5.43. The van der Waals surface area contributed by atoms with E-state index in [1.54, 1.807) is 50.5 Å². The van der Waals surface area contributed by atoms with Crippen molar-refractivity contribution in [2.24, 2.45) is 5.41 Å². The van der Waals surface area contributed by atoms with Gasteiger partial charge in [-0.3, -0.25) is 14.6 Å². The maximum Gasteiger partial charge on any atom is 0.337 e. The Bertz CT molecular complexity index is 786. The van der Waals surface area contributed by atoms with E-state index in [0.717, 1.165) is 5.56 Å². The van der Waals surface area contributed by atoms with Crippen LogP contribution < -0.4 is 10.6 Å². The number of hydrogen-bond acceptors (Lipinski definition) is 5. The number of aromatic nitrogens is 1. The zero-order valence-electron chi connectivity index (χ0n) is 14.9. The van der Waals surface area contributed by atoms with Crippen LogP contribution in [-0.4, -0.2) is 29.9 Å². The van der Waals surface area contributed by atoms with E-state index >= 15 is 0 Å². The predicted octanol–water partition coefficient (Wildman–Crippen LogP) is 2.15. The molecule has 0 aliphatic rings. The van der Waals surface area contributed by atoms with Gasteiger partial charge in [-0.05, 0) is 55.8 Å². The Morgan fingerprint density at radius 3 is 2.19 bits per heavy atom. The van der Waals surface area contributed by atoms with E-state index in [4.69, 9.17) is 0 Å². The minimum atomic E-state index is -1.27. The Balaban J connectivity index is 1.97. The lowest BCUT2D eigenvalue weighted by molar-refractivity contribution is -0.138. The van der Waals surface area contributed by atoms with Crippen molar-refractivity contribution in [2.45, 2.75) is 20.4 Å². The molecule has 1 aromatic heterocycles. The lowest BCUT2D eigenvalue weighted by Gasteiger charge is -2.22. The number of rotatable bonds is 6. The van der Waals surface area contributed by atoms with Crippen molar-refractivity contribution in [3.8, 4) is 0 Å². The predicted molar refractivity (Wildman–Crippen MR) is 96.3 cm³/mol. The SMILES string of the molecule is COC(=O)c1ccc(NC(=O)C(C)(C)C(=O)NCc2ccncc2)cc1. The first-order valence-corrected chi connectivity index (χ1v) is 8.01. The van der Waals surface area contributed by atoms with Crippen LogP contribution in [0.25, 0.3) is 0 Å². The summed E-state index contributed by atoms with van der Waals surface area (Å²) >= 11 is 0. The second-order valence-electron chi connectivity index (χ2n) is 6.19. The summed E-state index contributed by atoms with van der Waals surface area (Å²) in [6.45, 7) is 3.41. The molecule has 26 heavy (non-hydrogen) atoms. The summed E-state index contributed by atoms with van der Waals surface area (Å²) in [4.78, 5) is 40.2. The molecular formula is C19H21N3O4. The zero-order valence-corrected chi connectivity index (χ0v) is 14.9. The molecular weight excluding hydrogens is 334 g/mol. The number of nitrogens with zero attached hydrogens (tertiary/aromatic N) is 1. The van der Waals surface area contributed by atoms with Crippen molar-refractivity contribution in [1.82, 2.24) is 10.3 Å². The molecule has 1 aromatic carbocycles. The number of esters is 1. The number of nitrogens with one attached hydrogen (secondary N) is 2. The van der Waals surface area contributed by atoms with E-state index in [-0.39, 0.29) is 0 Å². The zero-order chi connectivity index (χ0) is 19.2. The summed E-state index contributed by atoms with van der Waals surface area (Å²) in [5.74, 6) is -1.30. The van der Waals surface area contributed by atoms with E-state index in [0.29, 0.717) is 17.8 Å². The Labute approximate surface area is 151 Å². The van der Waals surface area contributed by atoms with E-state index in [2.05, 4.69) is 20.4 Å². The maximum atomic E-state index is 12.5. The first-order chi connectivity index (χ1) is 12.3. The summed E-state index contributed by atoms with van der Waals surface area (Å²) < 4.78 is 4.62. The average molecular weight is 355 g/mol. The number of carbonyl (C=O) groups is 3. The normalized spacial score (nSPS) is 10.7. The molecule has 2 N–H and O–H groups in total. The molecule has 7 heteroatoms. The van der Waals surface area contributed by atoms with E-state index in [1.165, 1.54) is 19.2 Å². The van der Waals surface area contributed by atoms with Gasteiger partial charge in [-0.15, -0.1) is 0 Å². The molecule has 0 atom stereocenters. The van der Waals surface area contributed by atoms with Crippen molar-refractivity contribution in [3.05, 3.63) is 59.9 Å². The second-order valence-corrected chi connectivity index (χ2v) is 6.19. The second kappa shape index (κ2) is 8.24. The fourth-order valence-electron chi connectivity index (χ4n) is 2.10. The molecule has 2 rings (SSSR count). The minimum absolute atomic E-state index is 0.311. The van der Waals surface area contributed by atoms with Gasteiger partial charge in [0.05, 0.1) is 12.7 Å². The summed E-state index contributed by atoms with van der Waals surface area (Å²) in [7, 11) is 1.30. The third kappa shape index (κ3) is 4.66. The van der Waals surface area contributed by atoms with Gasteiger partial charge in [0.25, 0.3) is 0 Å². The topological polar surface area (TPSA) is 97.4 Å². The molecule has 0 aliphatic heterocycles. The Morgan fingerprint density at radius 2 is 1.62 bits per heavy atom. The lowest BCUT2D eigenvalue weighted by atomic mass is 9.90. The van der Waals surface area contributed by atoms with Crippen LogP contribution in [0.3, 0.4) is 0 Å². The number of carbonyl (C=O) groups excluding carboxylic acids is 3. The van der Waals surface area contributed by atoms with Crippen LogP contribution in [0.4, 0.5) is 5.69 Å². The molecule has 0 fully saturated rings. The molecule has 0 saturated carbocycles. The van der Waals surface area contributed by atoms with Crippen LogP contribution in [0.5, 0.6) is 0 Å². The number of anilines is 1. The molecule has 0 unspecified atom stereocenters. The molecule has 136 valence electrons. The average Bonchev–Trinajstić information content (AvgIpc) is 2.66. The summed E-state index contributed by atoms with van der Waals surface area (Å²) in [5.41, 5.74) is 0.481. The Kier molecular flexibility index (Phi) is 6.06. The fourth-order valence-corrected chi connectivity index (χ4v) is 2.10. The third-order valence-corrected chi connectivity index (χ3v) is 3.90. The highest BCUT2D eigenvalue weighted by atomic mass is 16.5. The highest BCUT2D eigenvalue weighted by Gasteiger charge is 2.35. The van der Waals surface area contributed by atoms with Gasteiger partial charge in [0.2, 0.25) is 11.8 Å². The van der Waals surface area contributed by atoms with Gasteiger partial charge >= 0.3 is 5.97 Å². The quantitative estimate of drug-likeness (QED) is 0.611. The molecule has 0 radical (unpaired) electrons. The van der Waals surface area contributed by atoms with Gasteiger partial charge < -0.3 is 15.4 Å². The number of ether oxygens (including phenoxy) is 1. The molecule has 2 amide bonds. The molecule has 2 aromatic rings. The van der Waals surface area contributed by atoms with Gasteiger partial charge in [-0.2, -0.15) is 0 Å². The maximum absolute atomic E-state index is 12.5. The number of methoxy groups -OCH3 is 1. The molecule has 7 nitrogen and oxygen atoms in total. The van der Waals surface area contributed by atoms with Crippen LogP contribution in [0.2, 0.25) is 0 Å². The lowest BCUT2D eigenvalue weighted by Crippen LogP contribution is -2.44. The minimum Gasteiger partial charge on any atom is -0.465 e. The number of hydrogen-bond donors (Lipinski definition) is 2. The van der Waals surface area contributed by atoms with Crippen LogP contribution in [-0.2, 0) is 20.9 Å². The first kappa shape index (κ1) is 19.1. The van der Waals surface area contributed by atoms with Crippen LogP contribution in [0.15, 0.2) is 48.8 Å². The van der Waals surface area contributed by atoms with Crippen molar-refractivity contribution in [2.75, 3.05) is 12.4 Å². The van der Waals surface area contributed by atoms with E-state index < -0.39 is 23.2 Å². The first-order valence-electron chi connectivity index (χ1n) is 8.01. The van der Waals surface area contributed by atoms with Gasteiger partial charge in [-0.25, -0.2) is 4.79 Å². The molecule has 0 aliphatic carbocycles. The fraction of sp³-hybridized carbons (Fsp3) is 0.263. The van der Waals surface area contributed by atoms with Gasteiger partial charge in [-0.1, -0.05) is 0 Å². The van der Waals surface area contributed by atoms with Crippen molar-refractivity contribution in [3.63, 3.8) is 0 Å². The van der Waals surface area contributed by atoms with Crippen LogP contribution >= 0.6 is 0 Å². The van der Waals surface area contributed by atoms with Crippen LogP contribution in [0, 0.1) is 5.41 Å². The molecule has 0 bridgehead atoms. The smallest absolute Gasteiger partial charge is 0.337 e. The highest BCUT2D eigenvalue weighted by molar-refractivity contribution is 6.09. The molecule has 0 saturated heterocycles. The Morgan fingerprint density at radius 1 is 1.00 bits per heavy atom. The summed E-state index contributed by atoms with van der Waals surface area (Å²) in [6.07, 6.45) is 3.27. The summed E-state index contributed by atoms with van der Waals surface area (Å²) in [6, 6.07) is 9.81. The van der Waals surface area contributed by atoms with Crippen molar-refractivity contribution in [1.29, 1.82) is 0 Å². The number of pyridine rings is 1. The van der Waals surface area contributed by atoms with Gasteiger partial charge in [0, 0.05) is 24.6 Å².